The van der Waals surface area contributed by atoms with Crippen LogP contribution in [0.15, 0.2) is 17.5 Å². The Morgan fingerprint density at radius 1 is 1.41 bits per heavy atom. The number of aliphatic hydroxyl groups is 1. The normalized spacial score (nSPS) is 19.5. The molecule has 1 saturated heterocycles. The number of hydrogen-bond acceptors (Lipinski definition) is 4. The lowest BCUT2D eigenvalue weighted by Crippen LogP contribution is -2.36. The molecule has 22 heavy (non-hydrogen) atoms. The molecule has 1 aromatic heterocycles. The molecule has 0 bridgehead atoms. The van der Waals surface area contributed by atoms with Crippen molar-refractivity contribution >= 4 is 17.2 Å². The van der Waals surface area contributed by atoms with Gasteiger partial charge in [-0.1, -0.05) is 18.9 Å². The van der Waals surface area contributed by atoms with Crippen LogP contribution >= 0.6 is 11.3 Å². The number of likely N-dealkylation sites (tertiary alicyclic amines) is 1. The molecule has 1 amide bonds. The van der Waals surface area contributed by atoms with E-state index in [4.69, 9.17) is 5.73 Å². The van der Waals surface area contributed by atoms with Gasteiger partial charge < -0.3 is 15.7 Å². The Morgan fingerprint density at radius 2 is 2.23 bits per heavy atom. The van der Waals surface area contributed by atoms with Gasteiger partial charge in [0.15, 0.2) is 0 Å². The lowest BCUT2D eigenvalue weighted by Gasteiger charge is -2.26. The molecule has 2 heterocycles. The Kier molecular flexibility index (Phi) is 7.36. The van der Waals surface area contributed by atoms with Crippen molar-refractivity contribution in [3.05, 3.63) is 22.4 Å². The number of unbranched alkanes of at least 4 members (excludes halogenated alkanes) is 3. The molecule has 0 saturated carbocycles. The summed E-state index contributed by atoms with van der Waals surface area (Å²) < 4.78 is 0. The highest BCUT2D eigenvalue weighted by molar-refractivity contribution is 7.10. The van der Waals surface area contributed by atoms with Crippen molar-refractivity contribution in [3.63, 3.8) is 0 Å². The van der Waals surface area contributed by atoms with Crippen molar-refractivity contribution in [1.82, 2.24) is 4.90 Å². The standard InChI is InChI=1S/C17H28N2O2S/c18-10-4-2-1-3-9-17(21)19-11-5-7-14(19)13-15(20)16-8-6-12-22-16/h6,8,12,14-15,20H,1-5,7,9-11,13,18H2. The predicted octanol–water partition coefficient (Wildman–Crippen LogP) is 3.07. The van der Waals surface area contributed by atoms with E-state index in [1.807, 2.05) is 22.4 Å². The SMILES string of the molecule is NCCCCCCC(=O)N1CCCC1CC(O)c1cccs1. The monoisotopic (exact) mass is 324 g/mol. The highest BCUT2D eigenvalue weighted by Gasteiger charge is 2.30. The van der Waals surface area contributed by atoms with Crippen molar-refractivity contribution < 1.29 is 9.90 Å². The van der Waals surface area contributed by atoms with Crippen LogP contribution in [0, 0.1) is 0 Å². The first-order valence-electron chi connectivity index (χ1n) is 8.43. The van der Waals surface area contributed by atoms with Gasteiger partial charge in [-0.15, -0.1) is 11.3 Å². The molecule has 124 valence electrons. The minimum atomic E-state index is -0.442. The van der Waals surface area contributed by atoms with Crippen LogP contribution in [0.2, 0.25) is 0 Å². The van der Waals surface area contributed by atoms with E-state index in [1.165, 1.54) is 0 Å². The zero-order valence-corrected chi connectivity index (χ0v) is 14.1. The molecule has 0 aliphatic carbocycles. The minimum absolute atomic E-state index is 0.202. The number of amides is 1. The van der Waals surface area contributed by atoms with Crippen molar-refractivity contribution in [3.8, 4) is 0 Å². The number of carbonyl (C=O) groups excluding carboxylic acids is 1. The van der Waals surface area contributed by atoms with Crippen LogP contribution in [0.5, 0.6) is 0 Å². The molecular weight excluding hydrogens is 296 g/mol. The lowest BCUT2D eigenvalue weighted by atomic mass is 10.0. The van der Waals surface area contributed by atoms with Crippen molar-refractivity contribution in [2.75, 3.05) is 13.1 Å². The number of nitrogens with two attached hydrogens (primary N) is 1. The lowest BCUT2D eigenvalue weighted by molar-refractivity contribution is -0.132. The molecule has 4 nitrogen and oxygen atoms in total. The van der Waals surface area contributed by atoms with E-state index < -0.39 is 6.10 Å². The first-order valence-corrected chi connectivity index (χ1v) is 9.31. The number of thiophene rings is 1. The van der Waals surface area contributed by atoms with E-state index in [2.05, 4.69) is 0 Å². The Hall–Kier alpha value is -0.910. The van der Waals surface area contributed by atoms with Gasteiger partial charge in [0, 0.05) is 23.9 Å². The zero-order chi connectivity index (χ0) is 15.8. The van der Waals surface area contributed by atoms with Gasteiger partial charge in [-0.3, -0.25) is 4.79 Å². The molecule has 3 N–H and O–H groups in total. The van der Waals surface area contributed by atoms with Crippen LogP contribution in [-0.4, -0.2) is 35.0 Å². The molecule has 2 rings (SSSR count). The molecule has 0 aromatic carbocycles. The summed E-state index contributed by atoms with van der Waals surface area (Å²) in [6.45, 7) is 1.59. The largest absolute Gasteiger partial charge is 0.387 e. The van der Waals surface area contributed by atoms with Gasteiger partial charge in [0.1, 0.15) is 0 Å². The summed E-state index contributed by atoms with van der Waals surface area (Å²) in [5.41, 5.74) is 5.48. The molecule has 2 atom stereocenters. The maximum Gasteiger partial charge on any atom is 0.222 e. The zero-order valence-electron chi connectivity index (χ0n) is 13.2. The van der Waals surface area contributed by atoms with E-state index >= 15 is 0 Å². The number of hydrogen-bond donors (Lipinski definition) is 2. The Bertz CT molecular complexity index is 436. The number of carbonyl (C=O) groups is 1. The van der Waals surface area contributed by atoms with Crippen LogP contribution in [0.4, 0.5) is 0 Å². The van der Waals surface area contributed by atoms with Crippen LogP contribution in [0.25, 0.3) is 0 Å². The first kappa shape index (κ1) is 17.4. The molecule has 1 fully saturated rings. The Balaban J connectivity index is 1.76. The summed E-state index contributed by atoms with van der Waals surface area (Å²) in [5, 5.41) is 12.3. The van der Waals surface area contributed by atoms with Gasteiger partial charge in [-0.05, 0) is 50.1 Å². The third-order valence-corrected chi connectivity index (χ3v) is 5.38. The van der Waals surface area contributed by atoms with Gasteiger partial charge in [0.2, 0.25) is 5.91 Å². The maximum atomic E-state index is 12.4. The molecule has 1 aromatic rings. The molecular formula is C17H28N2O2S. The van der Waals surface area contributed by atoms with E-state index in [-0.39, 0.29) is 11.9 Å². The van der Waals surface area contributed by atoms with E-state index in [0.29, 0.717) is 12.8 Å². The second kappa shape index (κ2) is 9.28. The smallest absolute Gasteiger partial charge is 0.222 e. The summed E-state index contributed by atoms with van der Waals surface area (Å²) in [7, 11) is 0. The Labute approximate surface area is 137 Å². The summed E-state index contributed by atoms with van der Waals surface area (Å²) in [6, 6.07) is 4.13. The van der Waals surface area contributed by atoms with Gasteiger partial charge >= 0.3 is 0 Å². The fourth-order valence-electron chi connectivity index (χ4n) is 3.18. The molecule has 5 heteroatoms. The average molecular weight is 324 g/mol. The second-order valence-electron chi connectivity index (χ2n) is 6.10. The molecule has 0 radical (unpaired) electrons. The Morgan fingerprint density at radius 3 is 2.95 bits per heavy atom. The van der Waals surface area contributed by atoms with Gasteiger partial charge in [-0.25, -0.2) is 0 Å². The van der Waals surface area contributed by atoms with Crippen LogP contribution in [-0.2, 0) is 4.79 Å². The number of rotatable bonds is 9. The quantitative estimate of drug-likeness (QED) is 0.686. The molecule has 2 unspecified atom stereocenters. The highest BCUT2D eigenvalue weighted by Crippen LogP contribution is 2.30. The van der Waals surface area contributed by atoms with Crippen molar-refractivity contribution in [2.45, 2.75) is 63.5 Å². The van der Waals surface area contributed by atoms with Crippen LogP contribution in [0.3, 0.4) is 0 Å². The number of nitrogens with zero attached hydrogens (tertiary/aromatic N) is 1. The summed E-state index contributed by atoms with van der Waals surface area (Å²) in [5.74, 6) is 0.258. The van der Waals surface area contributed by atoms with Crippen molar-refractivity contribution in [2.24, 2.45) is 5.73 Å². The van der Waals surface area contributed by atoms with Gasteiger partial charge in [0.05, 0.1) is 6.10 Å². The molecule has 1 aliphatic heterocycles. The third kappa shape index (κ3) is 5.07. The fraction of sp³-hybridized carbons (Fsp3) is 0.706. The summed E-state index contributed by atoms with van der Waals surface area (Å²) in [4.78, 5) is 15.4. The highest BCUT2D eigenvalue weighted by atomic mass is 32.1. The van der Waals surface area contributed by atoms with Crippen LogP contribution < -0.4 is 5.73 Å². The number of aliphatic hydroxyl groups excluding tert-OH is 1. The van der Waals surface area contributed by atoms with E-state index in [1.54, 1.807) is 11.3 Å². The average Bonchev–Trinajstić information content (AvgIpc) is 3.18. The predicted molar refractivity (Wildman–Crippen MR) is 90.8 cm³/mol. The van der Waals surface area contributed by atoms with E-state index in [0.717, 1.165) is 56.5 Å². The second-order valence-corrected chi connectivity index (χ2v) is 7.08. The van der Waals surface area contributed by atoms with Gasteiger partial charge in [-0.2, -0.15) is 0 Å². The van der Waals surface area contributed by atoms with Crippen molar-refractivity contribution in [1.29, 1.82) is 0 Å². The fourth-order valence-corrected chi connectivity index (χ4v) is 3.91. The molecule has 0 spiro atoms. The van der Waals surface area contributed by atoms with Crippen LogP contribution in [0.1, 0.15) is 62.3 Å². The summed E-state index contributed by atoms with van der Waals surface area (Å²) in [6.07, 6.45) is 7.13. The first-order chi connectivity index (χ1) is 10.7. The maximum absolute atomic E-state index is 12.4. The summed E-state index contributed by atoms with van der Waals surface area (Å²) >= 11 is 1.58. The third-order valence-electron chi connectivity index (χ3n) is 4.41. The topological polar surface area (TPSA) is 66.6 Å². The van der Waals surface area contributed by atoms with Gasteiger partial charge in [0.25, 0.3) is 0 Å². The van der Waals surface area contributed by atoms with E-state index in [9.17, 15) is 9.90 Å². The molecule has 1 aliphatic rings. The minimum Gasteiger partial charge on any atom is -0.387 e.